The number of ether oxygens (including phenoxy) is 2. The monoisotopic (exact) mass is 445 g/mol. The third-order valence-corrected chi connectivity index (χ3v) is 7.37. The van der Waals surface area contributed by atoms with Crippen molar-refractivity contribution >= 4 is 18.3 Å². The van der Waals surface area contributed by atoms with Gasteiger partial charge in [-0.05, 0) is 43.7 Å². The Kier molecular flexibility index (Phi) is 6.37. The van der Waals surface area contributed by atoms with Crippen molar-refractivity contribution in [3.63, 3.8) is 0 Å². The highest BCUT2D eigenvalue weighted by Gasteiger charge is 2.63. The van der Waals surface area contributed by atoms with Crippen LogP contribution in [0.2, 0.25) is 0 Å². The van der Waals surface area contributed by atoms with E-state index in [0.29, 0.717) is 37.5 Å². The second-order valence-electron chi connectivity index (χ2n) is 8.98. The molecule has 0 saturated carbocycles. The first-order valence-corrected chi connectivity index (χ1v) is 11.3. The van der Waals surface area contributed by atoms with Gasteiger partial charge in [-0.25, -0.2) is 4.98 Å². The van der Waals surface area contributed by atoms with Gasteiger partial charge >= 0.3 is 0 Å². The molecule has 0 radical (unpaired) electrons. The molecule has 174 valence electrons. The summed E-state index contributed by atoms with van der Waals surface area (Å²) in [7, 11) is 1.58. The van der Waals surface area contributed by atoms with E-state index in [1.54, 1.807) is 7.11 Å². The van der Waals surface area contributed by atoms with Crippen molar-refractivity contribution in [1.29, 1.82) is 0 Å². The minimum atomic E-state index is -0.251. The summed E-state index contributed by atoms with van der Waals surface area (Å²) in [5, 5.41) is 9.93. The van der Waals surface area contributed by atoms with Crippen LogP contribution in [0.15, 0.2) is 6.07 Å². The molecule has 1 aliphatic carbocycles. The Balaban J connectivity index is 0.000000775. The van der Waals surface area contributed by atoms with Gasteiger partial charge in [0.25, 0.3) is 12.4 Å². The molecule has 4 heterocycles. The van der Waals surface area contributed by atoms with E-state index >= 15 is 0 Å². The molecule has 1 spiro atoms. The summed E-state index contributed by atoms with van der Waals surface area (Å²) in [6.07, 6.45) is 5.70. The third-order valence-electron chi connectivity index (χ3n) is 7.37. The summed E-state index contributed by atoms with van der Waals surface area (Å²) >= 11 is 0. The number of rotatable bonds is 5. The molecule has 2 N–H and O–H groups in total. The molecule has 2 bridgehead atoms. The Morgan fingerprint density at radius 2 is 2.22 bits per heavy atom. The molecule has 9 heteroatoms. The molecule has 0 unspecified atom stereocenters. The fourth-order valence-electron chi connectivity index (χ4n) is 5.91. The van der Waals surface area contributed by atoms with Gasteiger partial charge < -0.3 is 24.8 Å². The summed E-state index contributed by atoms with van der Waals surface area (Å²) in [6.45, 7) is 3.53. The summed E-state index contributed by atoms with van der Waals surface area (Å²) in [5.74, 6) is 1.04. The number of amides is 2. The number of nitrogens with zero attached hydrogens (tertiary/aromatic N) is 2. The molecular formula is C23H31N3O6. The molecular weight excluding hydrogens is 414 g/mol. The highest BCUT2D eigenvalue weighted by atomic mass is 16.5. The number of carbonyl (C=O) groups excluding carboxylic acids is 2. The largest absolute Gasteiger partial charge is 0.483 e. The summed E-state index contributed by atoms with van der Waals surface area (Å²) in [5.41, 5.74) is 2.54. The van der Waals surface area contributed by atoms with E-state index in [4.69, 9.17) is 19.4 Å². The van der Waals surface area contributed by atoms with Crippen molar-refractivity contribution in [1.82, 2.24) is 15.2 Å². The van der Waals surface area contributed by atoms with Crippen molar-refractivity contribution in [2.45, 2.75) is 57.2 Å². The van der Waals surface area contributed by atoms with Crippen LogP contribution in [0.1, 0.15) is 54.2 Å². The van der Waals surface area contributed by atoms with Crippen molar-refractivity contribution in [2.24, 2.45) is 11.8 Å². The van der Waals surface area contributed by atoms with Gasteiger partial charge in [-0.1, -0.05) is 6.92 Å². The molecule has 4 aliphatic rings. The predicted octanol–water partition coefficient (Wildman–Crippen LogP) is 1.43. The van der Waals surface area contributed by atoms with E-state index in [9.17, 15) is 9.59 Å². The van der Waals surface area contributed by atoms with Gasteiger partial charge in [-0.3, -0.25) is 14.4 Å². The SMILES string of the molecule is CCC(=O)NC[C@H]1[C@H]2CN(C(=O)c3cc4c(nc3OC)CCC4)C[C@]23CC[C@H]1O3.O=CO. The molecule has 2 amide bonds. The van der Waals surface area contributed by atoms with Gasteiger partial charge in [-0.2, -0.15) is 0 Å². The van der Waals surface area contributed by atoms with E-state index in [1.807, 2.05) is 17.9 Å². The molecule has 1 aromatic rings. The molecule has 32 heavy (non-hydrogen) atoms. The molecule has 9 nitrogen and oxygen atoms in total. The first-order valence-electron chi connectivity index (χ1n) is 11.3. The predicted molar refractivity (Wildman–Crippen MR) is 115 cm³/mol. The van der Waals surface area contributed by atoms with Crippen LogP contribution in [0.4, 0.5) is 0 Å². The van der Waals surface area contributed by atoms with Crippen LogP contribution in [0.5, 0.6) is 5.88 Å². The molecule has 3 fully saturated rings. The summed E-state index contributed by atoms with van der Waals surface area (Å²) < 4.78 is 11.9. The quantitative estimate of drug-likeness (QED) is 0.658. The average Bonchev–Trinajstić information content (AvgIpc) is 3.56. The van der Waals surface area contributed by atoms with Gasteiger partial charge in [0, 0.05) is 37.0 Å². The highest BCUT2D eigenvalue weighted by molar-refractivity contribution is 5.97. The lowest BCUT2D eigenvalue weighted by Crippen LogP contribution is -2.41. The second-order valence-corrected chi connectivity index (χ2v) is 8.98. The Bertz CT molecular complexity index is 906. The number of aromatic nitrogens is 1. The number of fused-ring (bicyclic) bond motifs is 2. The topological polar surface area (TPSA) is 118 Å². The fraction of sp³-hybridized carbons (Fsp3) is 0.652. The Labute approximate surface area is 187 Å². The number of carboxylic acid groups (broad SMARTS) is 1. The van der Waals surface area contributed by atoms with Gasteiger partial charge in [0.2, 0.25) is 11.8 Å². The third kappa shape index (κ3) is 3.83. The van der Waals surface area contributed by atoms with Crippen LogP contribution < -0.4 is 10.1 Å². The van der Waals surface area contributed by atoms with Crippen molar-refractivity contribution < 1.29 is 29.0 Å². The van der Waals surface area contributed by atoms with Crippen molar-refractivity contribution in [2.75, 3.05) is 26.7 Å². The van der Waals surface area contributed by atoms with Crippen molar-refractivity contribution in [3.05, 3.63) is 22.9 Å². The molecule has 1 aromatic heterocycles. The van der Waals surface area contributed by atoms with Crippen LogP contribution in [-0.4, -0.2) is 71.7 Å². The number of likely N-dealkylation sites (tertiary alicyclic amines) is 1. The Hall–Kier alpha value is -2.68. The van der Waals surface area contributed by atoms with E-state index < -0.39 is 0 Å². The smallest absolute Gasteiger partial charge is 0.290 e. The number of pyridine rings is 1. The number of nitrogens with one attached hydrogen (secondary N) is 1. The maximum atomic E-state index is 13.4. The van der Waals surface area contributed by atoms with Crippen LogP contribution in [0, 0.1) is 11.8 Å². The number of hydrogen-bond acceptors (Lipinski definition) is 6. The van der Waals surface area contributed by atoms with Gasteiger partial charge in [0.1, 0.15) is 5.56 Å². The molecule has 3 saturated heterocycles. The Morgan fingerprint density at radius 3 is 2.94 bits per heavy atom. The fourth-order valence-corrected chi connectivity index (χ4v) is 5.91. The molecule has 0 aromatic carbocycles. The van der Waals surface area contributed by atoms with Crippen LogP contribution in [0.25, 0.3) is 0 Å². The Morgan fingerprint density at radius 1 is 1.44 bits per heavy atom. The van der Waals surface area contributed by atoms with E-state index in [2.05, 4.69) is 10.3 Å². The average molecular weight is 446 g/mol. The molecule has 5 rings (SSSR count). The van der Waals surface area contributed by atoms with E-state index in [1.165, 1.54) is 5.56 Å². The molecule has 4 atom stereocenters. The standard InChI is InChI=1S/C22H29N3O4.CH2O2/c1-3-19(26)23-10-15-16-11-25(12-22(16)8-7-18(15)29-22)21(27)14-9-13-5-4-6-17(13)24-20(14)28-2;2-1-3/h9,15-16,18H,3-8,10-12H2,1-2H3,(H,23,26);1H,(H,2,3)/t15-,16+,18+,22+;/m0./s1. The van der Waals surface area contributed by atoms with Gasteiger partial charge in [0.15, 0.2) is 0 Å². The zero-order valence-corrected chi connectivity index (χ0v) is 18.6. The zero-order chi connectivity index (χ0) is 22.9. The maximum Gasteiger partial charge on any atom is 0.290 e. The number of methoxy groups -OCH3 is 1. The highest BCUT2D eigenvalue weighted by Crippen LogP contribution is 2.54. The summed E-state index contributed by atoms with van der Waals surface area (Å²) in [4.78, 5) is 40.1. The van der Waals surface area contributed by atoms with Crippen LogP contribution >= 0.6 is 0 Å². The number of hydrogen-bond donors (Lipinski definition) is 2. The maximum absolute atomic E-state index is 13.4. The van der Waals surface area contributed by atoms with E-state index in [-0.39, 0.29) is 41.8 Å². The van der Waals surface area contributed by atoms with Gasteiger partial charge in [0.05, 0.1) is 25.4 Å². The van der Waals surface area contributed by atoms with E-state index in [0.717, 1.165) is 37.8 Å². The minimum absolute atomic E-state index is 0.0174. The van der Waals surface area contributed by atoms with Crippen molar-refractivity contribution in [3.8, 4) is 5.88 Å². The zero-order valence-electron chi connectivity index (χ0n) is 18.6. The summed E-state index contributed by atoms with van der Waals surface area (Å²) in [6, 6.07) is 1.99. The number of carbonyl (C=O) groups is 3. The molecule has 3 aliphatic heterocycles. The minimum Gasteiger partial charge on any atom is -0.483 e. The number of aryl methyl sites for hydroxylation is 2. The van der Waals surface area contributed by atoms with Gasteiger partial charge in [-0.15, -0.1) is 0 Å². The lowest BCUT2D eigenvalue weighted by Gasteiger charge is -2.29. The first kappa shape index (κ1) is 22.5. The first-order chi connectivity index (χ1) is 15.5. The lowest BCUT2D eigenvalue weighted by molar-refractivity contribution is -0.123. The second kappa shape index (κ2) is 9.05. The normalized spacial score (nSPS) is 29.1. The lowest BCUT2D eigenvalue weighted by atomic mass is 9.73. The van der Waals surface area contributed by atoms with Crippen LogP contribution in [-0.2, 0) is 27.2 Å². The van der Waals surface area contributed by atoms with Crippen LogP contribution in [0.3, 0.4) is 0 Å².